The van der Waals surface area contributed by atoms with Gasteiger partial charge in [0.15, 0.2) is 16.5 Å². The zero-order valence-electron chi connectivity index (χ0n) is 11.0. The molecule has 1 aliphatic heterocycles. The number of fused-ring (bicyclic) bond motifs is 1. The van der Waals surface area contributed by atoms with E-state index < -0.39 is 10.0 Å². The highest BCUT2D eigenvalue weighted by molar-refractivity contribution is 7.92. The summed E-state index contributed by atoms with van der Waals surface area (Å²) in [6.45, 7) is 1.96. The topological polar surface area (TPSA) is 93.3 Å². The number of hydrogen-bond donors (Lipinski definition) is 2. The third-order valence-corrected chi connectivity index (χ3v) is 4.52. The molecule has 0 bridgehead atoms. The Morgan fingerprint density at radius 2 is 2.10 bits per heavy atom. The van der Waals surface area contributed by atoms with Gasteiger partial charge in [0.1, 0.15) is 5.82 Å². The number of H-pyrrole nitrogens is 1. The van der Waals surface area contributed by atoms with Crippen LogP contribution in [0.4, 0.5) is 5.69 Å². The van der Waals surface area contributed by atoms with E-state index in [2.05, 4.69) is 14.7 Å². The van der Waals surface area contributed by atoms with E-state index in [0.29, 0.717) is 23.7 Å². The smallest absolute Gasteiger partial charge is 0.279 e. The van der Waals surface area contributed by atoms with Gasteiger partial charge in [0.05, 0.1) is 16.9 Å². The number of aryl methyl sites for hydroxylation is 1. The summed E-state index contributed by atoms with van der Waals surface area (Å²) in [5, 5.41) is 0.200. The van der Waals surface area contributed by atoms with Crippen LogP contribution in [-0.4, -0.2) is 25.2 Å². The van der Waals surface area contributed by atoms with Crippen LogP contribution in [-0.2, 0) is 16.4 Å². The van der Waals surface area contributed by atoms with Gasteiger partial charge in [0.2, 0.25) is 6.79 Å². The first-order valence-electron chi connectivity index (χ1n) is 6.15. The lowest BCUT2D eigenvalue weighted by Gasteiger charge is -2.09. The number of ether oxygens (including phenoxy) is 2. The monoisotopic (exact) mass is 329 g/mol. The number of rotatable bonds is 4. The van der Waals surface area contributed by atoms with Crippen molar-refractivity contribution in [2.45, 2.75) is 18.4 Å². The van der Waals surface area contributed by atoms with Crippen LogP contribution in [0.2, 0.25) is 5.02 Å². The number of nitrogens with one attached hydrogen (secondary N) is 2. The van der Waals surface area contributed by atoms with Crippen molar-refractivity contribution >= 4 is 27.3 Å². The predicted octanol–water partition coefficient (Wildman–Crippen LogP) is 2.15. The molecule has 0 atom stereocenters. The van der Waals surface area contributed by atoms with Crippen LogP contribution in [0.5, 0.6) is 11.5 Å². The van der Waals surface area contributed by atoms with Gasteiger partial charge >= 0.3 is 0 Å². The maximum Gasteiger partial charge on any atom is 0.279 e. The van der Waals surface area contributed by atoms with Gasteiger partial charge in [0, 0.05) is 18.6 Å². The highest BCUT2D eigenvalue weighted by Gasteiger charge is 2.22. The average Bonchev–Trinajstić information content (AvgIpc) is 3.07. The number of imidazole rings is 1. The highest BCUT2D eigenvalue weighted by atomic mass is 35.5. The van der Waals surface area contributed by atoms with Crippen LogP contribution in [0.15, 0.2) is 23.4 Å². The molecule has 112 valence electrons. The van der Waals surface area contributed by atoms with Crippen molar-refractivity contribution in [3.63, 3.8) is 0 Å². The molecular weight excluding hydrogens is 318 g/mol. The summed E-state index contributed by atoms with van der Waals surface area (Å²) in [6.07, 6.45) is 1.88. The zero-order chi connectivity index (χ0) is 15.0. The number of hydrogen-bond acceptors (Lipinski definition) is 5. The molecule has 3 rings (SSSR count). The largest absolute Gasteiger partial charge is 0.454 e. The van der Waals surface area contributed by atoms with E-state index in [1.807, 2.05) is 6.92 Å². The number of halogens is 1. The molecule has 2 N–H and O–H groups in total. The molecule has 2 aromatic rings. The number of aromatic nitrogens is 2. The molecule has 1 aromatic heterocycles. The number of nitrogens with zero attached hydrogens (tertiary/aromatic N) is 1. The molecule has 0 amide bonds. The second-order valence-electron chi connectivity index (χ2n) is 4.34. The van der Waals surface area contributed by atoms with E-state index in [-0.39, 0.29) is 22.5 Å². The fourth-order valence-corrected chi connectivity index (χ4v) is 3.12. The quantitative estimate of drug-likeness (QED) is 0.896. The van der Waals surface area contributed by atoms with E-state index in [4.69, 9.17) is 21.1 Å². The van der Waals surface area contributed by atoms with E-state index in [0.717, 1.165) is 0 Å². The van der Waals surface area contributed by atoms with Crippen LogP contribution in [0, 0.1) is 0 Å². The Kier molecular flexibility index (Phi) is 3.42. The molecule has 1 aliphatic rings. The third-order valence-electron chi connectivity index (χ3n) is 2.94. The Bertz CT molecular complexity index is 788. The van der Waals surface area contributed by atoms with Gasteiger partial charge in [0.25, 0.3) is 10.0 Å². The van der Waals surface area contributed by atoms with Crippen molar-refractivity contribution in [1.29, 1.82) is 0 Å². The van der Waals surface area contributed by atoms with Gasteiger partial charge in [-0.15, -0.1) is 0 Å². The Labute approximate surface area is 126 Å². The molecule has 0 spiro atoms. The second kappa shape index (κ2) is 5.12. The second-order valence-corrected chi connectivity index (χ2v) is 6.40. The van der Waals surface area contributed by atoms with Gasteiger partial charge in [-0.3, -0.25) is 4.72 Å². The van der Waals surface area contributed by atoms with Gasteiger partial charge < -0.3 is 14.5 Å². The normalized spacial score (nSPS) is 13.4. The lowest BCUT2D eigenvalue weighted by Crippen LogP contribution is -2.13. The van der Waals surface area contributed by atoms with E-state index in [9.17, 15) is 8.42 Å². The Balaban J connectivity index is 1.92. The van der Waals surface area contributed by atoms with Gasteiger partial charge in [-0.25, -0.2) is 4.98 Å². The first kappa shape index (κ1) is 14.0. The molecule has 0 saturated carbocycles. The SMILES string of the molecule is CCc1ncc(S(=O)(=O)Nc2cc3c(cc2Cl)OCO3)[nH]1. The van der Waals surface area contributed by atoms with Crippen LogP contribution < -0.4 is 14.2 Å². The summed E-state index contributed by atoms with van der Waals surface area (Å²) in [6, 6.07) is 2.99. The average molecular weight is 330 g/mol. The predicted molar refractivity (Wildman–Crippen MR) is 76.3 cm³/mol. The van der Waals surface area contributed by atoms with Crippen LogP contribution in [0.25, 0.3) is 0 Å². The maximum atomic E-state index is 12.3. The summed E-state index contributed by atoms with van der Waals surface area (Å²) < 4.78 is 37.3. The fourth-order valence-electron chi connectivity index (χ4n) is 1.85. The molecule has 2 heterocycles. The van der Waals surface area contributed by atoms with Gasteiger partial charge in [-0.2, -0.15) is 8.42 Å². The summed E-state index contributed by atoms with van der Waals surface area (Å²) >= 11 is 6.05. The minimum absolute atomic E-state index is 0.0203. The summed E-state index contributed by atoms with van der Waals surface area (Å²) in [7, 11) is -3.79. The van der Waals surface area contributed by atoms with Crippen molar-refractivity contribution in [3.05, 3.63) is 29.2 Å². The molecule has 1 aromatic carbocycles. The molecule has 0 saturated heterocycles. The summed E-state index contributed by atoms with van der Waals surface area (Å²) in [5.41, 5.74) is 0.216. The number of sulfonamides is 1. The third kappa shape index (κ3) is 2.64. The van der Waals surface area contributed by atoms with Crippen molar-refractivity contribution in [3.8, 4) is 11.5 Å². The van der Waals surface area contributed by atoms with E-state index in [1.165, 1.54) is 18.3 Å². The van der Waals surface area contributed by atoms with Gasteiger partial charge in [-0.05, 0) is 0 Å². The number of benzene rings is 1. The van der Waals surface area contributed by atoms with Crippen molar-refractivity contribution in [1.82, 2.24) is 9.97 Å². The summed E-state index contributed by atoms with van der Waals surface area (Å²) in [5.74, 6) is 1.51. The summed E-state index contributed by atoms with van der Waals surface area (Å²) in [4.78, 5) is 6.71. The van der Waals surface area contributed by atoms with Gasteiger partial charge in [-0.1, -0.05) is 18.5 Å². The van der Waals surface area contributed by atoms with E-state index >= 15 is 0 Å². The lowest BCUT2D eigenvalue weighted by atomic mass is 10.3. The van der Waals surface area contributed by atoms with Crippen molar-refractivity contribution in [2.75, 3.05) is 11.5 Å². The fraction of sp³-hybridized carbons (Fsp3) is 0.250. The highest BCUT2D eigenvalue weighted by Crippen LogP contribution is 2.39. The van der Waals surface area contributed by atoms with Crippen LogP contribution in [0.1, 0.15) is 12.7 Å². The molecule has 0 aliphatic carbocycles. The van der Waals surface area contributed by atoms with Crippen molar-refractivity contribution < 1.29 is 17.9 Å². The number of aromatic amines is 1. The van der Waals surface area contributed by atoms with Crippen LogP contribution in [0.3, 0.4) is 0 Å². The van der Waals surface area contributed by atoms with Crippen LogP contribution >= 0.6 is 11.6 Å². The molecule has 0 radical (unpaired) electrons. The minimum Gasteiger partial charge on any atom is -0.454 e. The molecule has 0 fully saturated rings. The minimum atomic E-state index is -3.79. The molecule has 21 heavy (non-hydrogen) atoms. The zero-order valence-corrected chi connectivity index (χ0v) is 12.6. The Hall–Kier alpha value is -1.93. The lowest BCUT2D eigenvalue weighted by molar-refractivity contribution is 0.174. The molecular formula is C12H12ClN3O4S. The Morgan fingerprint density at radius 3 is 2.76 bits per heavy atom. The van der Waals surface area contributed by atoms with Crippen molar-refractivity contribution in [2.24, 2.45) is 0 Å². The molecule has 0 unspecified atom stereocenters. The number of anilines is 1. The first-order valence-corrected chi connectivity index (χ1v) is 8.01. The standard InChI is InChI=1S/C12H12ClN3O4S/c1-2-11-14-5-12(15-11)21(17,18)16-8-4-10-9(3-7(8)13)19-6-20-10/h3-5,16H,2,6H2,1H3,(H,14,15). The molecule has 7 nitrogen and oxygen atoms in total. The Morgan fingerprint density at radius 1 is 1.38 bits per heavy atom. The first-order chi connectivity index (χ1) is 9.99. The van der Waals surface area contributed by atoms with E-state index in [1.54, 1.807) is 0 Å². The maximum absolute atomic E-state index is 12.3. The molecule has 9 heteroatoms.